The lowest BCUT2D eigenvalue weighted by Gasteiger charge is -2.35. The summed E-state index contributed by atoms with van der Waals surface area (Å²) in [6, 6.07) is 46.9. The number of rotatable bonds is 4. The molecule has 0 heteroatoms. The minimum absolute atomic E-state index is 0.419. The maximum absolute atomic E-state index is 2.50. The SMILES string of the molecule is Cc1ccc(C2(c3ccc(C)c(-c4ccc5c(c4)CC5)c3)c3ccccc3-c3ccccc32)cc1-c1ccc2c(c1)CC2. The molecule has 6 aromatic rings. The summed E-state index contributed by atoms with van der Waals surface area (Å²) in [6.45, 7) is 4.52. The number of fused-ring (bicyclic) bond motifs is 5. The van der Waals surface area contributed by atoms with Crippen LogP contribution in [0.4, 0.5) is 0 Å². The zero-order chi connectivity index (χ0) is 28.7. The first-order valence-corrected chi connectivity index (χ1v) is 15.8. The standard InChI is InChI=1S/C43H34/c1-27-11-21-35(25-39(27)33-19-15-29-13-17-31(29)23-33)43(41-9-5-3-7-37(41)38-8-4-6-10-42(38)43)36-22-12-28(2)40(26-36)34-20-16-30-14-18-32(30)24-34/h3-12,15-16,19-26H,13-14,17-18H2,1-2H3. The second-order valence-electron chi connectivity index (χ2n) is 12.9. The van der Waals surface area contributed by atoms with Gasteiger partial charge in [0.2, 0.25) is 0 Å². The molecule has 0 radical (unpaired) electrons. The number of benzene rings is 6. The van der Waals surface area contributed by atoms with Gasteiger partial charge in [-0.3, -0.25) is 0 Å². The highest BCUT2D eigenvalue weighted by Gasteiger charge is 2.46. The lowest BCUT2D eigenvalue weighted by atomic mass is 9.66. The molecule has 3 aliphatic rings. The van der Waals surface area contributed by atoms with Crippen molar-refractivity contribution in [2.24, 2.45) is 0 Å². The summed E-state index contributed by atoms with van der Waals surface area (Å²) in [5, 5.41) is 0. The zero-order valence-electron chi connectivity index (χ0n) is 24.9. The van der Waals surface area contributed by atoms with Gasteiger partial charge in [0.1, 0.15) is 0 Å². The molecule has 0 unspecified atom stereocenters. The molecule has 0 saturated heterocycles. The number of hydrogen-bond acceptors (Lipinski definition) is 0. The lowest BCUT2D eigenvalue weighted by molar-refractivity contribution is 0.768. The van der Waals surface area contributed by atoms with Crippen molar-refractivity contribution in [3.8, 4) is 33.4 Å². The van der Waals surface area contributed by atoms with Crippen molar-refractivity contribution in [2.75, 3.05) is 0 Å². The number of aryl methyl sites for hydroxylation is 6. The van der Waals surface area contributed by atoms with Crippen LogP contribution in [0.3, 0.4) is 0 Å². The maximum Gasteiger partial charge on any atom is 0.0714 e. The van der Waals surface area contributed by atoms with Crippen molar-refractivity contribution >= 4 is 0 Å². The molecule has 0 bridgehead atoms. The Labute approximate surface area is 254 Å². The maximum atomic E-state index is 2.50. The van der Waals surface area contributed by atoms with E-state index in [1.54, 1.807) is 0 Å². The Morgan fingerprint density at radius 3 is 1.26 bits per heavy atom. The first-order chi connectivity index (χ1) is 21.1. The molecule has 0 heterocycles. The van der Waals surface area contributed by atoms with Crippen LogP contribution in [0.25, 0.3) is 33.4 Å². The molecule has 0 N–H and O–H groups in total. The van der Waals surface area contributed by atoms with Gasteiger partial charge in [0.15, 0.2) is 0 Å². The molecular weight excluding hydrogens is 516 g/mol. The van der Waals surface area contributed by atoms with Crippen LogP contribution in [0.15, 0.2) is 121 Å². The average Bonchev–Trinajstić information content (AvgIpc) is 3.31. The van der Waals surface area contributed by atoms with Crippen molar-refractivity contribution < 1.29 is 0 Å². The van der Waals surface area contributed by atoms with Crippen LogP contribution in [-0.2, 0) is 31.1 Å². The van der Waals surface area contributed by atoms with Gasteiger partial charge < -0.3 is 0 Å². The van der Waals surface area contributed by atoms with Crippen molar-refractivity contribution in [3.05, 3.63) is 177 Å². The molecule has 0 fully saturated rings. The summed E-state index contributed by atoms with van der Waals surface area (Å²) in [7, 11) is 0. The Balaban J connectivity index is 1.34. The summed E-state index contributed by atoms with van der Waals surface area (Å²) in [5.41, 5.74) is 21.7. The molecule has 0 nitrogen and oxygen atoms in total. The Hall–Kier alpha value is -4.68. The zero-order valence-corrected chi connectivity index (χ0v) is 24.9. The Morgan fingerprint density at radius 1 is 0.395 bits per heavy atom. The molecule has 0 saturated carbocycles. The van der Waals surface area contributed by atoms with Gasteiger partial charge in [0.25, 0.3) is 0 Å². The minimum Gasteiger partial charge on any atom is -0.0619 e. The summed E-state index contributed by atoms with van der Waals surface area (Å²) < 4.78 is 0. The van der Waals surface area contributed by atoms with E-state index in [4.69, 9.17) is 0 Å². The fraction of sp³-hybridized carbons (Fsp3) is 0.163. The van der Waals surface area contributed by atoms with Crippen molar-refractivity contribution in [2.45, 2.75) is 44.9 Å². The van der Waals surface area contributed by atoms with E-state index in [2.05, 4.69) is 135 Å². The van der Waals surface area contributed by atoms with E-state index in [-0.39, 0.29) is 0 Å². The number of hydrogen-bond donors (Lipinski definition) is 0. The van der Waals surface area contributed by atoms with Crippen molar-refractivity contribution in [1.29, 1.82) is 0 Å². The second kappa shape index (κ2) is 9.16. The fourth-order valence-corrected chi connectivity index (χ4v) is 8.08. The third kappa shape index (κ3) is 3.50. The van der Waals surface area contributed by atoms with Crippen LogP contribution < -0.4 is 0 Å². The smallest absolute Gasteiger partial charge is 0.0619 e. The Bertz CT molecular complexity index is 1950. The molecular formula is C43H34. The van der Waals surface area contributed by atoms with E-state index in [1.165, 1.54) is 115 Å². The molecule has 43 heavy (non-hydrogen) atoms. The summed E-state index contributed by atoms with van der Waals surface area (Å²) in [6.07, 6.45) is 4.82. The highest BCUT2D eigenvalue weighted by Crippen LogP contribution is 2.57. The second-order valence-corrected chi connectivity index (χ2v) is 12.9. The lowest BCUT2D eigenvalue weighted by Crippen LogP contribution is -2.29. The first kappa shape index (κ1) is 24.9. The van der Waals surface area contributed by atoms with Crippen molar-refractivity contribution in [3.63, 3.8) is 0 Å². The quantitative estimate of drug-likeness (QED) is 0.204. The average molecular weight is 551 g/mol. The fourth-order valence-electron chi connectivity index (χ4n) is 8.08. The van der Waals surface area contributed by atoms with E-state index >= 15 is 0 Å². The topological polar surface area (TPSA) is 0 Å². The van der Waals surface area contributed by atoms with Crippen molar-refractivity contribution in [1.82, 2.24) is 0 Å². The normalized spacial score (nSPS) is 15.0. The van der Waals surface area contributed by atoms with E-state index in [9.17, 15) is 0 Å². The minimum atomic E-state index is -0.419. The van der Waals surface area contributed by atoms with E-state index in [1.807, 2.05) is 0 Å². The van der Waals surface area contributed by atoms with Gasteiger partial charge in [-0.25, -0.2) is 0 Å². The molecule has 206 valence electrons. The largest absolute Gasteiger partial charge is 0.0714 e. The van der Waals surface area contributed by atoms with Gasteiger partial charge in [-0.2, -0.15) is 0 Å². The highest BCUT2D eigenvalue weighted by atomic mass is 14.5. The van der Waals surface area contributed by atoms with Gasteiger partial charge in [-0.05, 0) is 141 Å². The first-order valence-electron chi connectivity index (χ1n) is 15.8. The molecule has 0 spiro atoms. The van der Waals surface area contributed by atoms with E-state index in [0.717, 1.165) is 0 Å². The third-order valence-electron chi connectivity index (χ3n) is 10.7. The van der Waals surface area contributed by atoms with Crippen LogP contribution in [0, 0.1) is 13.8 Å². The van der Waals surface area contributed by atoms with Gasteiger partial charge >= 0.3 is 0 Å². The molecule has 0 amide bonds. The van der Waals surface area contributed by atoms with Gasteiger partial charge in [-0.1, -0.05) is 109 Å². The van der Waals surface area contributed by atoms with Crippen LogP contribution in [-0.4, -0.2) is 0 Å². The Morgan fingerprint density at radius 2 is 0.837 bits per heavy atom. The van der Waals surface area contributed by atoms with Gasteiger partial charge in [0.05, 0.1) is 5.41 Å². The highest BCUT2D eigenvalue weighted by molar-refractivity contribution is 5.87. The van der Waals surface area contributed by atoms with Gasteiger partial charge in [0, 0.05) is 0 Å². The molecule has 0 atom stereocenters. The molecule has 0 aromatic heterocycles. The van der Waals surface area contributed by atoms with Gasteiger partial charge in [-0.15, -0.1) is 0 Å². The molecule has 9 rings (SSSR count). The Kier molecular flexibility index (Phi) is 5.30. The third-order valence-corrected chi connectivity index (χ3v) is 10.7. The van der Waals surface area contributed by atoms with Crippen LogP contribution in [0.1, 0.15) is 55.6 Å². The molecule has 3 aliphatic carbocycles. The van der Waals surface area contributed by atoms with E-state index < -0.39 is 5.41 Å². The van der Waals surface area contributed by atoms with E-state index in [0.29, 0.717) is 0 Å². The molecule has 6 aromatic carbocycles. The van der Waals surface area contributed by atoms with Crippen LogP contribution in [0.5, 0.6) is 0 Å². The molecule has 0 aliphatic heterocycles. The predicted molar refractivity (Wildman–Crippen MR) is 179 cm³/mol. The summed E-state index contributed by atoms with van der Waals surface area (Å²) in [4.78, 5) is 0. The summed E-state index contributed by atoms with van der Waals surface area (Å²) in [5.74, 6) is 0. The predicted octanol–water partition coefficient (Wildman–Crippen LogP) is 10.2. The van der Waals surface area contributed by atoms with Crippen LogP contribution >= 0.6 is 0 Å². The summed E-state index contributed by atoms with van der Waals surface area (Å²) >= 11 is 0. The monoisotopic (exact) mass is 550 g/mol. The van der Waals surface area contributed by atoms with Crippen LogP contribution in [0.2, 0.25) is 0 Å².